The van der Waals surface area contributed by atoms with Gasteiger partial charge in [-0.2, -0.15) is 0 Å². The third kappa shape index (κ3) is 4.42. The highest BCUT2D eigenvalue weighted by Crippen LogP contribution is 2.30. The van der Waals surface area contributed by atoms with E-state index in [1.165, 1.54) is 29.0 Å². The van der Waals surface area contributed by atoms with Crippen LogP contribution in [0.3, 0.4) is 0 Å². The first-order valence-corrected chi connectivity index (χ1v) is 11.4. The van der Waals surface area contributed by atoms with Crippen LogP contribution < -0.4 is 5.32 Å². The molecule has 6 heteroatoms. The van der Waals surface area contributed by atoms with Crippen LogP contribution in [0.25, 0.3) is 10.9 Å². The fourth-order valence-electron chi connectivity index (χ4n) is 4.74. The molecule has 0 saturated carbocycles. The predicted octanol–water partition coefficient (Wildman–Crippen LogP) is 4.56. The molecule has 1 aliphatic rings. The molecule has 0 spiro atoms. The Balaban J connectivity index is 1.25. The zero-order valence-corrected chi connectivity index (χ0v) is 18.4. The van der Waals surface area contributed by atoms with Gasteiger partial charge in [0.1, 0.15) is 6.26 Å². The Labute approximate surface area is 192 Å². The monoisotopic (exact) mass is 441 g/mol. The molecule has 4 aromatic rings. The minimum Gasteiger partial charge on any atom is -0.472 e. The fraction of sp³-hybridized carbons (Fsp3) is 0.259. The number of piperidine rings is 1. The second-order valence-corrected chi connectivity index (χ2v) is 8.58. The second-order valence-electron chi connectivity index (χ2n) is 8.58. The summed E-state index contributed by atoms with van der Waals surface area (Å²) in [6, 6.07) is 20.2. The Kier molecular flexibility index (Phi) is 5.98. The molecule has 1 fully saturated rings. The summed E-state index contributed by atoms with van der Waals surface area (Å²) in [5.41, 5.74) is 4.00. The molecule has 0 aliphatic carbocycles. The number of amides is 2. The molecule has 1 saturated heterocycles. The van der Waals surface area contributed by atoms with E-state index in [-0.39, 0.29) is 23.7 Å². The Morgan fingerprint density at radius 2 is 1.79 bits per heavy atom. The summed E-state index contributed by atoms with van der Waals surface area (Å²) in [5, 5.41) is 4.38. The van der Waals surface area contributed by atoms with Crippen molar-refractivity contribution in [3.63, 3.8) is 0 Å². The van der Waals surface area contributed by atoms with Crippen molar-refractivity contribution in [3.05, 3.63) is 96.1 Å². The number of carbonyl (C=O) groups excluding carboxylic acids is 2. The van der Waals surface area contributed by atoms with Gasteiger partial charge in [0, 0.05) is 48.6 Å². The summed E-state index contributed by atoms with van der Waals surface area (Å²) in [5.74, 6) is -0.0101. The molecule has 3 heterocycles. The van der Waals surface area contributed by atoms with E-state index in [9.17, 15) is 9.59 Å². The largest absolute Gasteiger partial charge is 0.472 e. The van der Waals surface area contributed by atoms with Crippen LogP contribution in [0.1, 0.15) is 40.2 Å². The topological polar surface area (TPSA) is 78.3 Å². The highest BCUT2D eigenvalue weighted by molar-refractivity contribution is 5.94. The number of H-pyrrole nitrogens is 1. The molecule has 33 heavy (non-hydrogen) atoms. The lowest BCUT2D eigenvalue weighted by Crippen LogP contribution is -2.43. The number of hydrogen-bond acceptors (Lipinski definition) is 3. The van der Waals surface area contributed by atoms with Crippen LogP contribution in [0.5, 0.6) is 0 Å². The summed E-state index contributed by atoms with van der Waals surface area (Å²) in [7, 11) is 0. The van der Waals surface area contributed by atoms with Gasteiger partial charge in [-0.3, -0.25) is 9.59 Å². The molecule has 168 valence electrons. The van der Waals surface area contributed by atoms with Gasteiger partial charge in [-0.1, -0.05) is 48.5 Å². The highest BCUT2D eigenvalue weighted by Gasteiger charge is 2.29. The first kappa shape index (κ1) is 21.1. The van der Waals surface area contributed by atoms with Gasteiger partial charge in [-0.15, -0.1) is 0 Å². The van der Waals surface area contributed by atoms with Crippen molar-refractivity contribution in [1.82, 2.24) is 15.2 Å². The van der Waals surface area contributed by atoms with E-state index in [1.807, 2.05) is 30.3 Å². The number of para-hydroxylation sites is 1. The number of nitrogens with zero attached hydrogens (tertiary/aromatic N) is 1. The average Bonchev–Trinajstić information content (AvgIpc) is 3.55. The summed E-state index contributed by atoms with van der Waals surface area (Å²) in [6.45, 7) is 1.68. The lowest BCUT2D eigenvalue weighted by Gasteiger charge is -2.31. The molecule has 0 bridgehead atoms. The lowest BCUT2D eigenvalue weighted by atomic mass is 9.90. The fourth-order valence-corrected chi connectivity index (χ4v) is 4.74. The quantitative estimate of drug-likeness (QED) is 0.460. The number of carbonyl (C=O) groups is 2. The number of fused-ring (bicyclic) bond motifs is 1. The molecule has 6 nitrogen and oxygen atoms in total. The average molecular weight is 442 g/mol. The maximum atomic E-state index is 13.0. The number of nitrogens with one attached hydrogen (secondary N) is 2. The van der Waals surface area contributed by atoms with Crippen LogP contribution in [0.4, 0.5) is 0 Å². The van der Waals surface area contributed by atoms with Crippen molar-refractivity contribution in [2.45, 2.75) is 18.8 Å². The van der Waals surface area contributed by atoms with Gasteiger partial charge in [0.15, 0.2) is 0 Å². The van der Waals surface area contributed by atoms with Gasteiger partial charge < -0.3 is 19.6 Å². The first-order chi connectivity index (χ1) is 16.2. The van der Waals surface area contributed by atoms with E-state index in [2.05, 4.69) is 40.8 Å². The predicted molar refractivity (Wildman–Crippen MR) is 127 cm³/mol. The molecule has 2 aromatic carbocycles. The zero-order chi connectivity index (χ0) is 22.6. The van der Waals surface area contributed by atoms with Crippen molar-refractivity contribution >= 4 is 22.7 Å². The van der Waals surface area contributed by atoms with E-state index >= 15 is 0 Å². The first-order valence-electron chi connectivity index (χ1n) is 11.4. The molecule has 0 radical (unpaired) electrons. The van der Waals surface area contributed by atoms with Gasteiger partial charge in [0.05, 0.1) is 11.8 Å². The summed E-state index contributed by atoms with van der Waals surface area (Å²) < 4.78 is 5.02. The standard InChI is InChI=1S/C27H27N3O3/c31-26(20-10-13-30(14-11-20)27(32)21-12-15-33-18-21)29-16-23(19-6-2-1-3-7-19)24-17-28-25-9-5-4-8-22(24)25/h1-9,12,15,17-18,20,23,28H,10-11,13-14,16H2,(H,29,31)/t23-/m0/s1. The summed E-state index contributed by atoms with van der Waals surface area (Å²) in [6.07, 6.45) is 6.35. The van der Waals surface area contributed by atoms with Crippen LogP contribution in [0.2, 0.25) is 0 Å². The van der Waals surface area contributed by atoms with Crippen LogP contribution in [0.15, 0.2) is 83.8 Å². The highest BCUT2D eigenvalue weighted by atomic mass is 16.3. The molecular weight excluding hydrogens is 414 g/mol. The molecule has 2 aromatic heterocycles. The van der Waals surface area contributed by atoms with Crippen LogP contribution in [-0.2, 0) is 4.79 Å². The number of benzene rings is 2. The Bertz CT molecular complexity index is 1220. The Morgan fingerprint density at radius 3 is 2.55 bits per heavy atom. The minimum atomic E-state index is -0.0854. The molecule has 2 amide bonds. The number of aromatic amines is 1. The molecule has 5 rings (SSSR count). The van der Waals surface area contributed by atoms with Gasteiger partial charge in [0.25, 0.3) is 5.91 Å². The van der Waals surface area contributed by atoms with Gasteiger partial charge in [-0.05, 0) is 36.1 Å². The molecule has 0 unspecified atom stereocenters. The summed E-state index contributed by atoms with van der Waals surface area (Å²) >= 11 is 0. The number of furan rings is 1. The van der Waals surface area contributed by atoms with E-state index in [0.29, 0.717) is 38.0 Å². The van der Waals surface area contributed by atoms with E-state index in [4.69, 9.17) is 4.42 Å². The molecule has 1 atom stereocenters. The van der Waals surface area contributed by atoms with E-state index in [0.717, 1.165) is 5.52 Å². The lowest BCUT2D eigenvalue weighted by molar-refractivity contribution is -0.126. The zero-order valence-electron chi connectivity index (χ0n) is 18.4. The smallest absolute Gasteiger partial charge is 0.257 e. The SMILES string of the molecule is O=C(NC[C@@H](c1ccccc1)c1c[nH]c2ccccc12)C1CCN(C(=O)c2ccoc2)CC1. The maximum absolute atomic E-state index is 13.0. The number of rotatable bonds is 6. The van der Waals surface area contributed by atoms with E-state index < -0.39 is 0 Å². The Hall–Kier alpha value is -3.80. The van der Waals surface area contributed by atoms with Crippen LogP contribution in [0, 0.1) is 5.92 Å². The maximum Gasteiger partial charge on any atom is 0.257 e. The normalized spacial score (nSPS) is 15.5. The molecule has 2 N–H and O–H groups in total. The van der Waals surface area contributed by atoms with Crippen molar-refractivity contribution < 1.29 is 14.0 Å². The number of likely N-dealkylation sites (tertiary alicyclic amines) is 1. The van der Waals surface area contributed by atoms with Crippen molar-refractivity contribution in [2.24, 2.45) is 5.92 Å². The third-order valence-corrected chi connectivity index (χ3v) is 6.60. The number of aromatic nitrogens is 1. The Morgan fingerprint density at radius 1 is 1.03 bits per heavy atom. The van der Waals surface area contributed by atoms with Crippen molar-refractivity contribution in [1.29, 1.82) is 0 Å². The minimum absolute atomic E-state index is 0.0360. The van der Waals surface area contributed by atoms with Gasteiger partial charge >= 0.3 is 0 Å². The van der Waals surface area contributed by atoms with E-state index in [1.54, 1.807) is 11.0 Å². The van der Waals surface area contributed by atoms with Gasteiger partial charge in [0.2, 0.25) is 5.91 Å². The molecule has 1 aliphatic heterocycles. The number of hydrogen-bond donors (Lipinski definition) is 2. The third-order valence-electron chi connectivity index (χ3n) is 6.60. The molecular formula is C27H27N3O3. The summed E-state index contributed by atoms with van der Waals surface area (Å²) in [4.78, 5) is 30.7. The van der Waals surface area contributed by atoms with Gasteiger partial charge in [-0.25, -0.2) is 0 Å². The van der Waals surface area contributed by atoms with Crippen LogP contribution >= 0.6 is 0 Å². The van der Waals surface area contributed by atoms with Crippen molar-refractivity contribution in [3.8, 4) is 0 Å². The second kappa shape index (κ2) is 9.36. The van der Waals surface area contributed by atoms with Crippen molar-refractivity contribution in [2.75, 3.05) is 19.6 Å². The van der Waals surface area contributed by atoms with Crippen LogP contribution in [-0.4, -0.2) is 41.3 Å².